The Hall–Kier alpha value is -2.53. The lowest BCUT2D eigenvalue weighted by Crippen LogP contribution is -2.11. The monoisotopic (exact) mass is 393 g/mol. The highest BCUT2D eigenvalue weighted by atomic mass is 32.2. The molecule has 1 fully saturated rings. The standard InChI is InChI=1S/C23H23NO3S/c25-20-15-21(16-8-3-1-4-9-16)27-23(26)19(20)14-17-10-7-13-24-22(17)28-18-11-5-2-6-12-18/h1,3-4,7-10,13,15,18,25H,2,5-6,11-12,14H2. The van der Waals surface area contributed by atoms with Gasteiger partial charge in [0.05, 0.1) is 10.6 Å². The van der Waals surface area contributed by atoms with Crippen LogP contribution < -0.4 is 5.63 Å². The molecule has 4 nitrogen and oxygen atoms in total. The van der Waals surface area contributed by atoms with Crippen LogP contribution in [0.4, 0.5) is 0 Å². The summed E-state index contributed by atoms with van der Waals surface area (Å²) in [6.45, 7) is 0. The summed E-state index contributed by atoms with van der Waals surface area (Å²) < 4.78 is 5.49. The highest BCUT2D eigenvalue weighted by Crippen LogP contribution is 2.35. The maximum atomic E-state index is 12.6. The van der Waals surface area contributed by atoms with Crippen molar-refractivity contribution in [3.8, 4) is 17.1 Å². The fraction of sp³-hybridized carbons (Fsp3) is 0.304. The van der Waals surface area contributed by atoms with E-state index in [0.29, 0.717) is 17.4 Å². The van der Waals surface area contributed by atoms with Crippen LogP contribution in [0.3, 0.4) is 0 Å². The third kappa shape index (κ3) is 4.30. The van der Waals surface area contributed by atoms with E-state index >= 15 is 0 Å². The van der Waals surface area contributed by atoms with Crippen LogP contribution in [0.25, 0.3) is 11.3 Å². The molecule has 5 heteroatoms. The summed E-state index contributed by atoms with van der Waals surface area (Å²) in [5.74, 6) is 0.336. The van der Waals surface area contributed by atoms with Gasteiger partial charge in [-0.1, -0.05) is 55.7 Å². The van der Waals surface area contributed by atoms with Crippen LogP contribution in [0.5, 0.6) is 5.75 Å². The Labute approximate surface area is 168 Å². The number of nitrogens with zero attached hydrogens (tertiary/aromatic N) is 1. The lowest BCUT2D eigenvalue weighted by molar-refractivity contribution is 0.442. The molecule has 0 bridgehead atoms. The van der Waals surface area contributed by atoms with Crippen LogP contribution in [0.15, 0.2) is 69.0 Å². The van der Waals surface area contributed by atoms with Gasteiger partial charge in [0, 0.05) is 29.5 Å². The van der Waals surface area contributed by atoms with Crippen molar-refractivity contribution in [3.63, 3.8) is 0 Å². The molecule has 1 aromatic carbocycles. The number of thioether (sulfide) groups is 1. The Bertz CT molecular complexity index is 994. The zero-order valence-electron chi connectivity index (χ0n) is 15.6. The van der Waals surface area contributed by atoms with Crippen molar-refractivity contribution >= 4 is 11.8 Å². The van der Waals surface area contributed by atoms with E-state index in [0.717, 1.165) is 16.2 Å². The van der Waals surface area contributed by atoms with Gasteiger partial charge in [0.1, 0.15) is 11.5 Å². The quantitative estimate of drug-likeness (QED) is 0.627. The van der Waals surface area contributed by atoms with Gasteiger partial charge in [0.15, 0.2) is 0 Å². The normalized spacial score (nSPS) is 14.9. The molecular weight excluding hydrogens is 370 g/mol. The van der Waals surface area contributed by atoms with E-state index in [1.807, 2.05) is 42.5 Å². The minimum atomic E-state index is -0.503. The maximum absolute atomic E-state index is 12.6. The Morgan fingerprint density at radius 1 is 1.07 bits per heavy atom. The van der Waals surface area contributed by atoms with Gasteiger partial charge in [-0.2, -0.15) is 0 Å². The topological polar surface area (TPSA) is 63.3 Å². The largest absolute Gasteiger partial charge is 0.507 e. The molecule has 0 atom stereocenters. The SMILES string of the molecule is O=c1oc(-c2ccccc2)cc(O)c1Cc1cccnc1SC1CCCCC1. The number of aromatic nitrogens is 1. The number of hydrogen-bond acceptors (Lipinski definition) is 5. The van der Waals surface area contributed by atoms with Crippen molar-refractivity contribution in [3.05, 3.63) is 76.3 Å². The van der Waals surface area contributed by atoms with Crippen molar-refractivity contribution in [2.24, 2.45) is 0 Å². The zero-order chi connectivity index (χ0) is 19.3. The molecule has 0 unspecified atom stereocenters. The smallest absolute Gasteiger partial charge is 0.343 e. The van der Waals surface area contributed by atoms with E-state index in [1.165, 1.54) is 38.2 Å². The van der Waals surface area contributed by atoms with E-state index < -0.39 is 5.63 Å². The van der Waals surface area contributed by atoms with Crippen molar-refractivity contribution in [1.82, 2.24) is 4.98 Å². The van der Waals surface area contributed by atoms with Crippen molar-refractivity contribution < 1.29 is 9.52 Å². The fourth-order valence-corrected chi connectivity index (χ4v) is 4.91. The molecule has 1 aliphatic rings. The molecule has 2 aromatic heterocycles. The highest BCUT2D eigenvalue weighted by Gasteiger charge is 2.19. The summed E-state index contributed by atoms with van der Waals surface area (Å²) in [7, 11) is 0. The van der Waals surface area contributed by atoms with E-state index in [1.54, 1.807) is 18.0 Å². The van der Waals surface area contributed by atoms with Crippen molar-refractivity contribution in [2.45, 2.75) is 48.8 Å². The van der Waals surface area contributed by atoms with Gasteiger partial charge in [-0.15, -0.1) is 11.8 Å². The van der Waals surface area contributed by atoms with Crippen molar-refractivity contribution in [1.29, 1.82) is 0 Å². The molecule has 3 aromatic rings. The molecule has 0 amide bonds. The van der Waals surface area contributed by atoms with Crippen LogP contribution in [0, 0.1) is 0 Å². The summed E-state index contributed by atoms with van der Waals surface area (Å²) in [6.07, 6.45) is 8.37. The minimum absolute atomic E-state index is 0.0347. The molecule has 144 valence electrons. The number of hydrogen-bond donors (Lipinski definition) is 1. The number of rotatable bonds is 5. The van der Waals surface area contributed by atoms with E-state index in [4.69, 9.17) is 4.42 Å². The van der Waals surface area contributed by atoms with Crippen LogP contribution >= 0.6 is 11.8 Å². The Kier molecular flexibility index (Phi) is 5.81. The third-order valence-electron chi connectivity index (χ3n) is 5.13. The molecule has 28 heavy (non-hydrogen) atoms. The first-order chi connectivity index (χ1) is 13.7. The minimum Gasteiger partial charge on any atom is -0.507 e. The second kappa shape index (κ2) is 8.65. The first-order valence-electron chi connectivity index (χ1n) is 9.72. The predicted octanol–water partition coefficient (Wildman–Crippen LogP) is 5.42. The highest BCUT2D eigenvalue weighted by molar-refractivity contribution is 7.99. The number of benzene rings is 1. The van der Waals surface area contributed by atoms with Crippen LogP contribution in [-0.4, -0.2) is 15.3 Å². The third-order valence-corrected chi connectivity index (χ3v) is 6.53. The molecule has 0 aliphatic heterocycles. The van der Waals surface area contributed by atoms with Gasteiger partial charge in [0.2, 0.25) is 0 Å². The van der Waals surface area contributed by atoms with E-state index in [9.17, 15) is 9.90 Å². The molecule has 2 heterocycles. The van der Waals surface area contributed by atoms with Gasteiger partial charge in [-0.3, -0.25) is 0 Å². The number of aromatic hydroxyl groups is 1. The lowest BCUT2D eigenvalue weighted by Gasteiger charge is -2.21. The van der Waals surface area contributed by atoms with Gasteiger partial charge in [0.25, 0.3) is 0 Å². The van der Waals surface area contributed by atoms with Crippen molar-refractivity contribution in [2.75, 3.05) is 0 Å². The molecule has 4 rings (SSSR count). The van der Waals surface area contributed by atoms with Gasteiger partial charge in [-0.25, -0.2) is 9.78 Å². The van der Waals surface area contributed by atoms with Gasteiger partial charge >= 0.3 is 5.63 Å². The molecule has 1 N–H and O–H groups in total. The van der Waals surface area contributed by atoms with Crippen LogP contribution in [0.2, 0.25) is 0 Å². The molecule has 0 radical (unpaired) electrons. The Balaban J connectivity index is 1.60. The number of pyridine rings is 1. The summed E-state index contributed by atoms with van der Waals surface area (Å²) in [6, 6.07) is 14.7. The molecular formula is C23H23NO3S. The second-order valence-corrected chi connectivity index (χ2v) is 8.44. The Morgan fingerprint density at radius 2 is 1.86 bits per heavy atom. The van der Waals surface area contributed by atoms with Gasteiger partial charge in [-0.05, 0) is 24.5 Å². The second-order valence-electron chi connectivity index (χ2n) is 7.15. The Morgan fingerprint density at radius 3 is 2.61 bits per heavy atom. The summed E-state index contributed by atoms with van der Waals surface area (Å²) in [4.78, 5) is 17.1. The van der Waals surface area contributed by atoms with Gasteiger partial charge < -0.3 is 9.52 Å². The summed E-state index contributed by atoms with van der Waals surface area (Å²) in [5.41, 5.74) is 1.49. The average molecular weight is 394 g/mol. The molecule has 1 aliphatic carbocycles. The average Bonchev–Trinajstić information content (AvgIpc) is 2.73. The first kappa shape index (κ1) is 18.8. The van der Waals surface area contributed by atoms with Crippen LogP contribution in [0.1, 0.15) is 43.2 Å². The lowest BCUT2D eigenvalue weighted by atomic mass is 10.0. The zero-order valence-corrected chi connectivity index (χ0v) is 16.5. The molecule has 1 saturated carbocycles. The van der Waals surface area contributed by atoms with E-state index in [-0.39, 0.29) is 11.3 Å². The molecule has 0 spiro atoms. The van der Waals surface area contributed by atoms with Crippen LogP contribution in [-0.2, 0) is 6.42 Å². The molecule has 0 saturated heterocycles. The first-order valence-corrected chi connectivity index (χ1v) is 10.6. The fourth-order valence-electron chi connectivity index (χ4n) is 3.61. The summed E-state index contributed by atoms with van der Waals surface area (Å²) >= 11 is 1.80. The van der Waals surface area contributed by atoms with E-state index in [2.05, 4.69) is 4.98 Å². The summed E-state index contributed by atoms with van der Waals surface area (Å²) in [5, 5.41) is 12.0. The maximum Gasteiger partial charge on any atom is 0.343 e. The predicted molar refractivity (Wildman–Crippen MR) is 112 cm³/mol.